The summed E-state index contributed by atoms with van der Waals surface area (Å²) in [7, 11) is 0. The van der Waals surface area contributed by atoms with Gasteiger partial charge in [0.15, 0.2) is 0 Å². The molecule has 0 spiro atoms. The van der Waals surface area contributed by atoms with Crippen molar-refractivity contribution < 1.29 is 14.9 Å². The Morgan fingerprint density at radius 2 is 1.73 bits per heavy atom. The molecule has 66 valence electrons. The zero-order chi connectivity index (χ0) is 8.27. The summed E-state index contributed by atoms with van der Waals surface area (Å²) in [5.74, 6) is 0. The maximum absolute atomic E-state index is 8.47. The van der Waals surface area contributed by atoms with E-state index in [0.717, 1.165) is 25.7 Å². The van der Waals surface area contributed by atoms with Crippen LogP contribution in [0.1, 0.15) is 25.7 Å². The molecule has 0 aliphatic heterocycles. The molecule has 4 N–H and O–H groups in total. The first-order valence-electron chi connectivity index (χ1n) is 3.95. The lowest BCUT2D eigenvalue weighted by molar-refractivity contribution is -0.259. The van der Waals surface area contributed by atoms with Crippen LogP contribution in [0, 0.1) is 0 Å². The topological polar surface area (TPSA) is 75.7 Å². The van der Waals surface area contributed by atoms with Crippen molar-refractivity contribution >= 4 is 0 Å². The fourth-order valence-corrected chi connectivity index (χ4v) is 1.40. The summed E-state index contributed by atoms with van der Waals surface area (Å²) >= 11 is 0. The second-order valence-electron chi connectivity index (χ2n) is 3.00. The van der Waals surface area contributed by atoms with Crippen LogP contribution < -0.4 is 5.73 Å². The van der Waals surface area contributed by atoms with Crippen LogP contribution in [0.5, 0.6) is 0 Å². The van der Waals surface area contributed by atoms with Crippen LogP contribution in [0.15, 0.2) is 0 Å². The molecule has 1 aliphatic rings. The van der Waals surface area contributed by atoms with Crippen LogP contribution in [0.25, 0.3) is 0 Å². The lowest BCUT2D eigenvalue weighted by Gasteiger charge is -2.26. The van der Waals surface area contributed by atoms with Gasteiger partial charge in [-0.15, -0.1) is 0 Å². The molecule has 0 bridgehead atoms. The molecule has 0 heterocycles. The summed E-state index contributed by atoms with van der Waals surface area (Å²) in [4.78, 5) is 0. The Kier molecular flexibility index (Phi) is 3.26. The van der Waals surface area contributed by atoms with E-state index in [9.17, 15) is 0 Å². The van der Waals surface area contributed by atoms with Crippen LogP contribution in [0.3, 0.4) is 0 Å². The Hall–Kier alpha value is -0.160. The van der Waals surface area contributed by atoms with Crippen molar-refractivity contribution in [2.45, 2.75) is 44.3 Å². The van der Waals surface area contributed by atoms with Crippen LogP contribution in [-0.4, -0.2) is 28.8 Å². The van der Waals surface area contributed by atoms with Gasteiger partial charge in [-0.1, -0.05) is 0 Å². The molecule has 1 aliphatic carbocycles. The van der Waals surface area contributed by atoms with Gasteiger partial charge in [-0.2, -0.15) is 0 Å². The zero-order valence-electron chi connectivity index (χ0n) is 6.44. The van der Waals surface area contributed by atoms with Crippen molar-refractivity contribution in [1.82, 2.24) is 0 Å². The molecular formula is C7H15NO3. The molecule has 0 aromatic heterocycles. The lowest BCUT2D eigenvalue weighted by Crippen LogP contribution is -2.32. The quantitative estimate of drug-likeness (QED) is 0.479. The second kappa shape index (κ2) is 4.01. The van der Waals surface area contributed by atoms with E-state index in [1.807, 2.05) is 0 Å². The average Bonchev–Trinajstić information content (AvgIpc) is 1.93. The third-order valence-corrected chi connectivity index (χ3v) is 2.03. The molecule has 11 heavy (non-hydrogen) atoms. The molecule has 1 rings (SSSR count). The van der Waals surface area contributed by atoms with Gasteiger partial charge in [0.05, 0.1) is 6.10 Å². The number of aliphatic hydroxyl groups is 2. The van der Waals surface area contributed by atoms with Crippen LogP contribution in [0.4, 0.5) is 0 Å². The van der Waals surface area contributed by atoms with Gasteiger partial charge in [0.2, 0.25) is 0 Å². The fourth-order valence-electron chi connectivity index (χ4n) is 1.40. The van der Waals surface area contributed by atoms with E-state index in [1.54, 1.807) is 0 Å². The lowest BCUT2D eigenvalue weighted by atomic mass is 9.94. The summed E-state index contributed by atoms with van der Waals surface area (Å²) in [6.45, 7) is -1.63. The molecule has 0 aromatic rings. The van der Waals surface area contributed by atoms with Crippen molar-refractivity contribution in [2.75, 3.05) is 0 Å². The van der Waals surface area contributed by atoms with Gasteiger partial charge in [0.1, 0.15) is 0 Å². The first-order chi connectivity index (χ1) is 5.18. The number of ether oxygens (including phenoxy) is 1. The van der Waals surface area contributed by atoms with E-state index in [2.05, 4.69) is 0 Å². The van der Waals surface area contributed by atoms with E-state index in [1.165, 1.54) is 0 Å². The molecule has 4 nitrogen and oxygen atoms in total. The summed E-state index contributed by atoms with van der Waals surface area (Å²) < 4.78 is 4.80. The van der Waals surface area contributed by atoms with Gasteiger partial charge in [-0.05, 0) is 25.7 Å². The number of rotatable bonds is 2. The highest BCUT2D eigenvalue weighted by Gasteiger charge is 2.20. The number of hydrogen-bond acceptors (Lipinski definition) is 4. The minimum atomic E-state index is -1.63. The fraction of sp³-hybridized carbons (Fsp3) is 1.00. The van der Waals surface area contributed by atoms with E-state index in [-0.39, 0.29) is 12.1 Å². The molecule has 0 amide bonds. The van der Waals surface area contributed by atoms with Gasteiger partial charge in [0, 0.05) is 6.04 Å². The van der Waals surface area contributed by atoms with Crippen molar-refractivity contribution in [3.8, 4) is 0 Å². The minimum Gasteiger partial charge on any atom is -0.346 e. The van der Waals surface area contributed by atoms with Crippen molar-refractivity contribution in [3.63, 3.8) is 0 Å². The summed E-state index contributed by atoms with van der Waals surface area (Å²) in [5.41, 5.74) is 5.65. The van der Waals surface area contributed by atoms with Crippen LogP contribution in [-0.2, 0) is 4.74 Å². The van der Waals surface area contributed by atoms with E-state index in [4.69, 9.17) is 20.7 Å². The number of nitrogens with two attached hydrogens (primary N) is 1. The Morgan fingerprint density at radius 3 is 2.18 bits per heavy atom. The van der Waals surface area contributed by atoms with Crippen LogP contribution >= 0.6 is 0 Å². The van der Waals surface area contributed by atoms with Gasteiger partial charge >= 0.3 is 0 Å². The standard InChI is InChI=1S/C7H15NO3/c8-5-1-3-6(4-2-5)11-7(9)10/h5-7,9-10H,1-4,8H2/t5-,6-. The maximum atomic E-state index is 8.47. The van der Waals surface area contributed by atoms with Crippen molar-refractivity contribution in [1.29, 1.82) is 0 Å². The summed E-state index contributed by atoms with van der Waals surface area (Å²) in [6.07, 6.45) is 3.47. The third kappa shape index (κ3) is 3.16. The maximum Gasteiger partial charge on any atom is 0.266 e. The minimum absolute atomic E-state index is 0.0187. The molecule has 4 heteroatoms. The van der Waals surface area contributed by atoms with Crippen molar-refractivity contribution in [3.05, 3.63) is 0 Å². The largest absolute Gasteiger partial charge is 0.346 e. The van der Waals surface area contributed by atoms with Gasteiger partial charge in [0.25, 0.3) is 6.48 Å². The van der Waals surface area contributed by atoms with Gasteiger partial charge in [-0.25, -0.2) is 0 Å². The SMILES string of the molecule is N[C@H]1CC[C@H](OC(O)O)CC1. The molecule has 1 saturated carbocycles. The van der Waals surface area contributed by atoms with Gasteiger partial charge < -0.3 is 20.7 Å². The highest BCUT2D eigenvalue weighted by atomic mass is 16.7. The van der Waals surface area contributed by atoms with E-state index < -0.39 is 6.48 Å². The Bertz CT molecular complexity index is 110. The molecule has 0 aromatic carbocycles. The normalized spacial score (nSPS) is 32.7. The number of hydrogen-bond donors (Lipinski definition) is 3. The zero-order valence-corrected chi connectivity index (χ0v) is 6.44. The van der Waals surface area contributed by atoms with Crippen molar-refractivity contribution in [2.24, 2.45) is 5.73 Å². The molecule has 0 unspecified atom stereocenters. The summed E-state index contributed by atoms with van der Waals surface area (Å²) in [5, 5.41) is 16.9. The molecule has 0 atom stereocenters. The highest BCUT2D eigenvalue weighted by Crippen LogP contribution is 2.19. The Balaban J connectivity index is 2.17. The summed E-state index contributed by atoms with van der Waals surface area (Å²) in [6, 6.07) is 0.269. The molecular weight excluding hydrogens is 146 g/mol. The monoisotopic (exact) mass is 161 g/mol. The first-order valence-corrected chi connectivity index (χ1v) is 3.95. The third-order valence-electron chi connectivity index (χ3n) is 2.03. The Labute approximate surface area is 66.0 Å². The van der Waals surface area contributed by atoms with E-state index in [0.29, 0.717) is 0 Å². The van der Waals surface area contributed by atoms with E-state index >= 15 is 0 Å². The second-order valence-corrected chi connectivity index (χ2v) is 3.00. The van der Waals surface area contributed by atoms with Crippen LogP contribution in [0.2, 0.25) is 0 Å². The predicted molar refractivity (Wildman–Crippen MR) is 39.5 cm³/mol. The average molecular weight is 161 g/mol. The first kappa shape index (κ1) is 8.93. The molecule has 0 radical (unpaired) electrons. The Morgan fingerprint density at radius 1 is 1.18 bits per heavy atom. The number of aliphatic hydroxyl groups excluding tert-OH is 1. The van der Waals surface area contributed by atoms with Gasteiger partial charge in [-0.3, -0.25) is 0 Å². The molecule has 1 fully saturated rings. The molecule has 0 saturated heterocycles. The highest BCUT2D eigenvalue weighted by molar-refractivity contribution is 4.74. The predicted octanol–water partition coefficient (Wildman–Crippen LogP) is -0.459. The smallest absolute Gasteiger partial charge is 0.266 e.